The van der Waals surface area contributed by atoms with Crippen molar-refractivity contribution in [3.05, 3.63) is 0 Å². The summed E-state index contributed by atoms with van der Waals surface area (Å²) in [4.78, 5) is 9.56. The molecule has 0 aliphatic rings. The van der Waals surface area contributed by atoms with Crippen molar-refractivity contribution >= 4 is 5.97 Å². The molecule has 0 saturated heterocycles. The van der Waals surface area contributed by atoms with Crippen LogP contribution in [0.4, 0.5) is 0 Å². The molecule has 0 amide bonds. The highest BCUT2D eigenvalue weighted by Gasteiger charge is 1.90. The number of rotatable bonds is 2. The van der Waals surface area contributed by atoms with Gasteiger partial charge in [0, 0.05) is 0 Å². The molecular weight excluding hydrogens is 82.0 g/mol. The molecule has 0 aromatic heterocycles. The number of carboxylic acids is 1. The van der Waals surface area contributed by atoms with Crippen LogP contribution in [-0.2, 0) is 4.79 Å². The summed E-state index contributed by atoms with van der Waals surface area (Å²) in [7, 11) is 0. The SMILES string of the molecule is [NH3+]CCC(=O)O. The lowest BCUT2D eigenvalue weighted by molar-refractivity contribution is -0.366. The first kappa shape index (κ1) is 5.43. The third-order valence-corrected chi connectivity index (χ3v) is 0.391. The fraction of sp³-hybridized carbons (Fsp3) is 0.667. The van der Waals surface area contributed by atoms with Gasteiger partial charge in [-0.3, -0.25) is 4.79 Å². The van der Waals surface area contributed by atoms with Crippen molar-refractivity contribution in [3.8, 4) is 0 Å². The molecule has 36 valence electrons. The molecule has 0 unspecified atom stereocenters. The molecule has 0 radical (unpaired) electrons. The molecule has 0 spiro atoms. The second-order valence-corrected chi connectivity index (χ2v) is 0.997. The molecule has 0 aliphatic heterocycles. The predicted octanol–water partition coefficient (Wildman–Crippen LogP) is -1.30. The second kappa shape index (κ2) is 2.66. The summed E-state index contributed by atoms with van der Waals surface area (Å²) >= 11 is 0. The van der Waals surface area contributed by atoms with Gasteiger partial charge in [-0.1, -0.05) is 0 Å². The van der Waals surface area contributed by atoms with E-state index in [-0.39, 0.29) is 6.42 Å². The Kier molecular flexibility index (Phi) is 2.40. The summed E-state index contributed by atoms with van der Waals surface area (Å²) in [5.41, 5.74) is 3.34. The first-order valence-corrected chi connectivity index (χ1v) is 1.78. The van der Waals surface area contributed by atoms with Crippen LogP contribution in [0.3, 0.4) is 0 Å². The second-order valence-electron chi connectivity index (χ2n) is 0.997. The van der Waals surface area contributed by atoms with E-state index in [2.05, 4.69) is 5.73 Å². The Morgan fingerprint density at radius 3 is 2.33 bits per heavy atom. The van der Waals surface area contributed by atoms with Crippen molar-refractivity contribution in [1.29, 1.82) is 0 Å². The van der Waals surface area contributed by atoms with Crippen LogP contribution in [0.25, 0.3) is 0 Å². The maximum Gasteiger partial charge on any atom is 0.309 e. The minimum absolute atomic E-state index is 0.181. The lowest BCUT2D eigenvalue weighted by Crippen LogP contribution is -2.50. The lowest BCUT2D eigenvalue weighted by Gasteiger charge is -1.78. The van der Waals surface area contributed by atoms with Crippen molar-refractivity contribution in [1.82, 2.24) is 0 Å². The zero-order valence-corrected chi connectivity index (χ0v) is 3.48. The zero-order valence-electron chi connectivity index (χ0n) is 3.48. The highest BCUT2D eigenvalue weighted by atomic mass is 16.4. The topological polar surface area (TPSA) is 64.9 Å². The summed E-state index contributed by atoms with van der Waals surface area (Å²) in [6, 6.07) is 0. The molecule has 0 atom stereocenters. The van der Waals surface area contributed by atoms with Crippen LogP contribution in [0, 0.1) is 0 Å². The smallest absolute Gasteiger partial charge is 0.309 e. The van der Waals surface area contributed by atoms with Gasteiger partial charge in [-0.15, -0.1) is 0 Å². The fourth-order valence-corrected chi connectivity index (χ4v) is 0.151. The maximum atomic E-state index is 9.56. The van der Waals surface area contributed by atoms with E-state index in [1.807, 2.05) is 0 Å². The summed E-state index contributed by atoms with van der Waals surface area (Å²) in [5.74, 6) is -0.773. The Balaban J connectivity index is 2.83. The largest absolute Gasteiger partial charge is 0.481 e. The highest BCUT2D eigenvalue weighted by molar-refractivity contribution is 5.66. The molecule has 3 nitrogen and oxygen atoms in total. The lowest BCUT2D eigenvalue weighted by atomic mass is 10.5. The predicted molar refractivity (Wildman–Crippen MR) is 20.0 cm³/mol. The number of hydrogen-bond acceptors (Lipinski definition) is 1. The quantitative estimate of drug-likeness (QED) is 0.442. The minimum atomic E-state index is -0.773. The number of aliphatic carboxylic acids is 1. The molecular formula is C3H8NO2+. The Morgan fingerprint density at radius 1 is 1.83 bits per heavy atom. The van der Waals surface area contributed by atoms with E-state index >= 15 is 0 Å². The molecule has 0 rings (SSSR count). The van der Waals surface area contributed by atoms with E-state index in [9.17, 15) is 4.79 Å². The number of carbonyl (C=O) groups is 1. The summed E-state index contributed by atoms with van der Waals surface area (Å²) in [6.07, 6.45) is 0.181. The van der Waals surface area contributed by atoms with Gasteiger partial charge in [-0.05, 0) is 0 Å². The van der Waals surface area contributed by atoms with Crippen molar-refractivity contribution in [2.75, 3.05) is 6.54 Å². The van der Waals surface area contributed by atoms with Gasteiger partial charge in [0.1, 0.15) is 0 Å². The summed E-state index contributed by atoms with van der Waals surface area (Å²) in [5, 5.41) is 7.87. The molecule has 0 aromatic rings. The van der Waals surface area contributed by atoms with E-state index in [1.165, 1.54) is 0 Å². The highest BCUT2D eigenvalue weighted by Crippen LogP contribution is 1.66. The van der Waals surface area contributed by atoms with Crippen LogP contribution in [0.1, 0.15) is 6.42 Å². The van der Waals surface area contributed by atoms with Crippen LogP contribution in [-0.4, -0.2) is 17.6 Å². The van der Waals surface area contributed by atoms with Crippen molar-refractivity contribution in [2.24, 2.45) is 0 Å². The van der Waals surface area contributed by atoms with Crippen LogP contribution >= 0.6 is 0 Å². The summed E-state index contributed by atoms with van der Waals surface area (Å²) in [6.45, 7) is 0.481. The van der Waals surface area contributed by atoms with Crippen LogP contribution < -0.4 is 5.73 Å². The minimum Gasteiger partial charge on any atom is -0.481 e. The van der Waals surface area contributed by atoms with Crippen molar-refractivity contribution in [3.63, 3.8) is 0 Å². The Labute approximate surface area is 35.8 Å². The molecule has 0 bridgehead atoms. The monoisotopic (exact) mass is 90.1 g/mol. The van der Waals surface area contributed by atoms with E-state index < -0.39 is 5.97 Å². The molecule has 3 heteroatoms. The number of carboxylic acid groups (broad SMARTS) is 1. The standard InChI is InChI=1S/C3H7NO2/c4-2-1-3(5)6/h1-2,4H2,(H,5,6)/p+1. The van der Waals surface area contributed by atoms with Crippen LogP contribution in [0.2, 0.25) is 0 Å². The van der Waals surface area contributed by atoms with Gasteiger partial charge in [-0.2, -0.15) is 0 Å². The number of hydrogen-bond donors (Lipinski definition) is 2. The van der Waals surface area contributed by atoms with Gasteiger partial charge >= 0.3 is 5.97 Å². The Hall–Kier alpha value is -0.570. The molecule has 0 fully saturated rings. The zero-order chi connectivity index (χ0) is 4.99. The average Bonchev–Trinajstić information content (AvgIpc) is 1.35. The van der Waals surface area contributed by atoms with Gasteiger partial charge in [0.15, 0.2) is 0 Å². The molecule has 0 heterocycles. The third kappa shape index (κ3) is 3.43. The van der Waals surface area contributed by atoms with Gasteiger partial charge in [0.05, 0.1) is 13.0 Å². The normalized spacial score (nSPS) is 8.17. The van der Waals surface area contributed by atoms with E-state index in [4.69, 9.17) is 5.11 Å². The Morgan fingerprint density at radius 2 is 2.33 bits per heavy atom. The van der Waals surface area contributed by atoms with Gasteiger partial charge in [0.25, 0.3) is 0 Å². The Bertz CT molecular complexity index is 52.8. The number of quaternary nitrogens is 1. The maximum absolute atomic E-state index is 9.56. The molecule has 0 aromatic carbocycles. The molecule has 6 heavy (non-hydrogen) atoms. The average molecular weight is 90.1 g/mol. The molecule has 4 N–H and O–H groups in total. The van der Waals surface area contributed by atoms with Crippen LogP contribution in [0.5, 0.6) is 0 Å². The van der Waals surface area contributed by atoms with Gasteiger partial charge in [-0.25, -0.2) is 0 Å². The van der Waals surface area contributed by atoms with E-state index in [0.29, 0.717) is 6.54 Å². The molecule has 0 aliphatic carbocycles. The van der Waals surface area contributed by atoms with E-state index in [1.54, 1.807) is 0 Å². The van der Waals surface area contributed by atoms with Crippen molar-refractivity contribution in [2.45, 2.75) is 6.42 Å². The molecule has 0 saturated carbocycles. The van der Waals surface area contributed by atoms with Crippen molar-refractivity contribution < 1.29 is 15.6 Å². The first-order valence-electron chi connectivity index (χ1n) is 1.78. The fourth-order valence-electron chi connectivity index (χ4n) is 0.151. The summed E-state index contributed by atoms with van der Waals surface area (Å²) < 4.78 is 0. The van der Waals surface area contributed by atoms with Gasteiger partial charge in [0.2, 0.25) is 0 Å². The first-order chi connectivity index (χ1) is 2.77. The van der Waals surface area contributed by atoms with E-state index in [0.717, 1.165) is 0 Å². The van der Waals surface area contributed by atoms with Gasteiger partial charge < -0.3 is 10.8 Å². The third-order valence-electron chi connectivity index (χ3n) is 0.391. The van der Waals surface area contributed by atoms with Crippen LogP contribution in [0.15, 0.2) is 0 Å².